The van der Waals surface area contributed by atoms with Crippen LogP contribution in [-0.4, -0.2) is 5.78 Å². The van der Waals surface area contributed by atoms with Crippen LogP contribution in [0.5, 0.6) is 5.75 Å². The minimum Gasteiger partial charge on any atom is -0.488 e. The molecule has 0 radical (unpaired) electrons. The van der Waals surface area contributed by atoms with Gasteiger partial charge in [-0.05, 0) is 19.1 Å². The average molecular weight is 224 g/mol. The van der Waals surface area contributed by atoms with Gasteiger partial charge in [-0.15, -0.1) is 0 Å². The number of ketones is 1. The number of hydrogen-bond donors (Lipinski definition) is 0. The van der Waals surface area contributed by atoms with Crippen LogP contribution in [0.2, 0.25) is 0 Å². The fourth-order valence-corrected chi connectivity index (χ4v) is 2.14. The molecule has 0 aromatic heterocycles. The minimum atomic E-state index is 0.0492. The number of benzene rings is 2. The first kappa shape index (κ1) is 10.1. The number of fused-ring (bicyclic) bond motifs is 2. The molecule has 0 N–H and O–H groups in total. The van der Waals surface area contributed by atoms with Crippen LogP contribution in [0, 0.1) is 6.92 Å². The van der Waals surface area contributed by atoms with E-state index < -0.39 is 0 Å². The summed E-state index contributed by atoms with van der Waals surface area (Å²) in [4.78, 5) is 12.4. The van der Waals surface area contributed by atoms with Crippen LogP contribution in [0.4, 0.5) is 0 Å². The smallest absolute Gasteiger partial charge is 0.197 e. The van der Waals surface area contributed by atoms with E-state index in [0.717, 1.165) is 16.7 Å². The number of carbonyl (C=O) groups excluding carboxylic acids is 1. The Bertz CT molecular complexity index is 600. The molecule has 0 spiro atoms. The van der Waals surface area contributed by atoms with Crippen LogP contribution >= 0.6 is 0 Å². The summed E-state index contributed by atoms with van der Waals surface area (Å²) in [5.41, 5.74) is 3.51. The average Bonchev–Trinajstić information content (AvgIpc) is 2.48. The van der Waals surface area contributed by atoms with E-state index in [1.807, 2.05) is 49.4 Å². The highest BCUT2D eigenvalue weighted by atomic mass is 16.5. The highest BCUT2D eigenvalue weighted by molar-refractivity contribution is 6.11. The molecule has 84 valence electrons. The van der Waals surface area contributed by atoms with Gasteiger partial charge in [-0.25, -0.2) is 0 Å². The molecule has 0 fully saturated rings. The maximum Gasteiger partial charge on any atom is 0.197 e. The third kappa shape index (κ3) is 1.62. The first-order valence-corrected chi connectivity index (χ1v) is 5.62. The quantitative estimate of drug-likeness (QED) is 0.687. The van der Waals surface area contributed by atoms with Crippen LogP contribution in [0.1, 0.15) is 27.0 Å². The first-order chi connectivity index (χ1) is 8.25. The van der Waals surface area contributed by atoms with Gasteiger partial charge in [0.25, 0.3) is 0 Å². The van der Waals surface area contributed by atoms with Gasteiger partial charge in [0.15, 0.2) is 5.78 Å². The molecular formula is C15H12O2. The summed E-state index contributed by atoms with van der Waals surface area (Å²) in [6.07, 6.45) is 0. The molecule has 2 heteroatoms. The Morgan fingerprint density at radius 1 is 1.06 bits per heavy atom. The van der Waals surface area contributed by atoms with E-state index in [9.17, 15) is 4.79 Å². The van der Waals surface area contributed by atoms with E-state index in [-0.39, 0.29) is 5.78 Å². The zero-order chi connectivity index (χ0) is 11.8. The lowest BCUT2D eigenvalue weighted by atomic mass is 9.98. The maximum atomic E-state index is 12.4. The second kappa shape index (κ2) is 3.74. The van der Waals surface area contributed by atoms with Crippen LogP contribution in [0.3, 0.4) is 0 Å². The Morgan fingerprint density at radius 3 is 2.76 bits per heavy atom. The van der Waals surface area contributed by atoms with Gasteiger partial charge in [-0.1, -0.05) is 35.9 Å². The monoisotopic (exact) mass is 224 g/mol. The molecule has 0 bridgehead atoms. The molecule has 0 saturated carbocycles. The Morgan fingerprint density at radius 2 is 1.88 bits per heavy atom. The highest BCUT2D eigenvalue weighted by Gasteiger charge is 2.21. The summed E-state index contributed by atoms with van der Waals surface area (Å²) >= 11 is 0. The maximum absolute atomic E-state index is 12.4. The standard InChI is InChI=1S/C15H12O2/c1-10-6-7-12-11(8-10)9-17-14-5-3-2-4-13(14)15(12)16/h2-8H,9H2,1H3. The Kier molecular flexibility index (Phi) is 2.22. The van der Waals surface area contributed by atoms with Gasteiger partial charge < -0.3 is 4.74 Å². The van der Waals surface area contributed by atoms with Crippen LogP contribution in [0.25, 0.3) is 0 Å². The van der Waals surface area contributed by atoms with Gasteiger partial charge in [-0.2, -0.15) is 0 Å². The molecule has 0 amide bonds. The summed E-state index contributed by atoms with van der Waals surface area (Å²) in [5, 5.41) is 0. The molecule has 2 aromatic rings. The summed E-state index contributed by atoms with van der Waals surface area (Å²) in [6.45, 7) is 2.47. The second-order valence-electron chi connectivity index (χ2n) is 4.27. The number of hydrogen-bond acceptors (Lipinski definition) is 2. The number of ether oxygens (including phenoxy) is 1. The van der Waals surface area contributed by atoms with Crippen molar-refractivity contribution in [2.75, 3.05) is 0 Å². The molecule has 2 nitrogen and oxygen atoms in total. The molecule has 2 aromatic carbocycles. The van der Waals surface area contributed by atoms with E-state index in [1.54, 1.807) is 0 Å². The fraction of sp³-hybridized carbons (Fsp3) is 0.133. The normalized spacial score (nSPS) is 13.4. The van der Waals surface area contributed by atoms with Crippen LogP contribution in [-0.2, 0) is 6.61 Å². The predicted octanol–water partition coefficient (Wildman–Crippen LogP) is 3.12. The lowest BCUT2D eigenvalue weighted by Gasteiger charge is -2.05. The van der Waals surface area contributed by atoms with Crippen LogP contribution in [0.15, 0.2) is 42.5 Å². The third-order valence-corrected chi connectivity index (χ3v) is 3.02. The lowest BCUT2D eigenvalue weighted by Crippen LogP contribution is -2.02. The zero-order valence-corrected chi connectivity index (χ0v) is 9.57. The van der Waals surface area contributed by atoms with E-state index >= 15 is 0 Å². The Labute approximate surface area is 99.9 Å². The van der Waals surface area contributed by atoms with Crippen LogP contribution < -0.4 is 4.74 Å². The van der Waals surface area contributed by atoms with Gasteiger partial charge in [0.1, 0.15) is 12.4 Å². The first-order valence-electron chi connectivity index (χ1n) is 5.62. The number of aryl methyl sites for hydroxylation is 1. The number of para-hydroxylation sites is 1. The highest BCUT2D eigenvalue weighted by Crippen LogP contribution is 2.28. The lowest BCUT2D eigenvalue weighted by molar-refractivity contribution is 0.103. The fourth-order valence-electron chi connectivity index (χ4n) is 2.14. The summed E-state index contributed by atoms with van der Waals surface area (Å²) in [6, 6.07) is 13.3. The molecule has 17 heavy (non-hydrogen) atoms. The van der Waals surface area contributed by atoms with Crippen molar-refractivity contribution in [3.05, 3.63) is 64.7 Å². The molecule has 1 aliphatic rings. The van der Waals surface area contributed by atoms with Crippen molar-refractivity contribution in [1.29, 1.82) is 0 Å². The molecule has 0 aliphatic carbocycles. The predicted molar refractivity (Wildman–Crippen MR) is 65.4 cm³/mol. The Hall–Kier alpha value is -2.09. The van der Waals surface area contributed by atoms with Crippen molar-refractivity contribution in [2.24, 2.45) is 0 Å². The number of carbonyl (C=O) groups is 1. The van der Waals surface area contributed by atoms with Crippen molar-refractivity contribution >= 4 is 5.78 Å². The summed E-state index contributed by atoms with van der Waals surface area (Å²) in [5.74, 6) is 0.722. The molecular weight excluding hydrogens is 212 g/mol. The summed E-state index contributed by atoms with van der Waals surface area (Å²) in [7, 11) is 0. The SMILES string of the molecule is Cc1ccc2c(c1)COc1ccccc1C2=O. The van der Waals surface area contributed by atoms with Gasteiger partial charge in [0.2, 0.25) is 0 Å². The minimum absolute atomic E-state index is 0.0492. The molecule has 3 rings (SSSR count). The van der Waals surface area contributed by atoms with Crippen molar-refractivity contribution in [1.82, 2.24) is 0 Å². The second-order valence-corrected chi connectivity index (χ2v) is 4.27. The largest absolute Gasteiger partial charge is 0.488 e. The molecule has 0 atom stereocenters. The van der Waals surface area contributed by atoms with Gasteiger partial charge in [0.05, 0.1) is 5.56 Å². The molecule has 1 aliphatic heterocycles. The van der Waals surface area contributed by atoms with Gasteiger partial charge in [0, 0.05) is 11.1 Å². The van der Waals surface area contributed by atoms with Gasteiger partial charge >= 0.3 is 0 Å². The van der Waals surface area contributed by atoms with E-state index in [2.05, 4.69) is 0 Å². The molecule has 1 heterocycles. The topological polar surface area (TPSA) is 26.3 Å². The number of rotatable bonds is 0. The van der Waals surface area contributed by atoms with E-state index in [0.29, 0.717) is 17.9 Å². The summed E-state index contributed by atoms with van der Waals surface area (Å²) < 4.78 is 5.68. The van der Waals surface area contributed by atoms with Crippen molar-refractivity contribution in [3.63, 3.8) is 0 Å². The van der Waals surface area contributed by atoms with Crippen molar-refractivity contribution in [2.45, 2.75) is 13.5 Å². The van der Waals surface area contributed by atoms with E-state index in [4.69, 9.17) is 4.74 Å². The molecule has 0 saturated heterocycles. The third-order valence-electron chi connectivity index (χ3n) is 3.02. The molecule has 0 unspecified atom stereocenters. The van der Waals surface area contributed by atoms with Gasteiger partial charge in [-0.3, -0.25) is 4.79 Å². The van der Waals surface area contributed by atoms with Crippen molar-refractivity contribution in [3.8, 4) is 5.75 Å². The van der Waals surface area contributed by atoms with Crippen molar-refractivity contribution < 1.29 is 9.53 Å². The van der Waals surface area contributed by atoms with E-state index in [1.165, 1.54) is 0 Å². The zero-order valence-electron chi connectivity index (χ0n) is 9.57. The Balaban J connectivity index is 2.20.